The van der Waals surface area contributed by atoms with Crippen LogP contribution in [0.5, 0.6) is 0 Å². The van der Waals surface area contributed by atoms with E-state index in [1.54, 1.807) is 11.5 Å². The van der Waals surface area contributed by atoms with Gasteiger partial charge in [0.15, 0.2) is 11.5 Å². The molecule has 112 valence electrons. The van der Waals surface area contributed by atoms with Gasteiger partial charge in [-0.3, -0.25) is 0 Å². The van der Waals surface area contributed by atoms with Crippen LogP contribution in [0.3, 0.4) is 0 Å². The molecule has 0 saturated heterocycles. The molecule has 0 bridgehead atoms. The smallest absolute Gasteiger partial charge is 0.356 e. The molecule has 11 heteroatoms. The van der Waals surface area contributed by atoms with E-state index in [-0.39, 0.29) is 17.8 Å². The molecule has 0 aromatic carbocycles. The Morgan fingerprint density at radius 2 is 2.33 bits per heavy atom. The first-order valence-corrected chi connectivity index (χ1v) is 6.09. The number of urea groups is 1. The maximum Gasteiger partial charge on any atom is 0.356 e. The number of carbonyl (C=O) groups is 2. The van der Waals surface area contributed by atoms with E-state index in [9.17, 15) is 9.59 Å². The molecule has 0 saturated carbocycles. The minimum atomic E-state index is -1.09. The molecule has 2 aromatic rings. The van der Waals surface area contributed by atoms with Crippen molar-refractivity contribution >= 4 is 12.0 Å². The molecule has 2 aromatic heterocycles. The molecule has 0 aliphatic rings. The molecular weight excluding hydrogens is 280 g/mol. The van der Waals surface area contributed by atoms with Crippen LogP contribution >= 0.6 is 0 Å². The van der Waals surface area contributed by atoms with Gasteiger partial charge in [0.25, 0.3) is 0 Å². The quantitative estimate of drug-likeness (QED) is 0.542. The van der Waals surface area contributed by atoms with E-state index in [4.69, 9.17) is 5.11 Å². The van der Waals surface area contributed by atoms with Crippen LogP contribution in [0.15, 0.2) is 12.5 Å². The van der Waals surface area contributed by atoms with Gasteiger partial charge in [-0.25, -0.2) is 14.6 Å². The molecule has 4 N–H and O–H groups in total. The summed E-state index contributed by atoms with van der Waals surface area (Å²) in [6, 6.07) is -0.763. The van der Waals surface area contributed by atoms with Crippen molar-refractivity contribution in [3.63, 3.8) is 0 Å². The molecular formula is C10H14N8O3. The number of hydrogen-bond donors (Lipinski definition) is 4. The topological polar surface area (TPSA) is 151 Å². The van der Waals surface area contributed by atoms with E-state index in [1.165, 1.54) is 12.5 Å². The minimum Gasteiger partial charge on any atom is -0.476 e. The number of amides is 2. The van der Waals surface area contributed by atoms with E-state index in [2.05, 4.69) is 36.2 Å². The fourth-order valence-electron chi connectivity index (χ4n) is 1.56. The molecule has 0 spiro atoms. The minimum absolute atomic E-state index is 0.0369. The maximum atomic E-state index is 11.6. The number of carboxylic acids is 1. The van der Waals surface area contributed by atoms with Gasteiger partial charge in [-0.05, 0) is 6.92 Å². The monoisotopic (exact) mass is 294 g/mol. The summed E-state index contributed by atoms with van der Waals surface area (Å²) < 4.78 is 1.58. The summed E-state index contributed by atoms with van der Waals surface area (Å²) in [5.74, 6) is -0.709. The van der Waals surface area contributed by atoms with Crippen molar-refractivity contribution in [2.24, 2.45) is 0 Å². The van der Waals surface area contributed by atoms with Crippen LogP contribution in [0.25, 0.3) is 0 Å². The molecule has 1 atom stereocenters. The van der Waals surface area contributed by atoms with E-state index in [0.717, 1.165) is 0 Å². The molecule has 0 aliphatic heterocycles. The van der Waals surface area contributed by atoms with Crippen LogP contribution in [-0.4, -0.2) is 53.8 Å². The number of aromatic nitrogens is 6. The Morgan fingerprint density at radius 3 is 2.95 bits per heavy atom. The maximum absolute atomic E-state index is 11.6. The number of H-pyrrole nitrogens is 1. The largest absolute Gasteiger partial charge is 0.476 e. The lowest BCUT2D eigenvalue weighted by molar-refractivity contribution is 0.0691. The number of aromatic amines is 1. The van der Waals surface area contributed by atoms with E-state index >= 15 is 0 Å². The number of nitrogens with zero attached hydrogens (tertiary/aromatic N) is 5. The van der Waals surface area contributed by atoms with Gasteiger partial charge in [0.2, 0.25) is 0 Å². The third-order valence-electron chi connectivity index (χ3n) is 2.60. The van der Waals surface area contributed by atoms with Gasteiger partial charge < -0.3 is 20.3 Å². The number of rotatable bonds is 6. The Morgan fingerprint density at radius 1 is 1.52 bits per heavy atom. The molecule has 11 nitrogen and oxygen atoms in total. The van der Waals surface area contributed by atoms with Crippen molar-refractivity contribution in [2.75, 3.05) is 6.54 Å². The zero-order valence-electron chi connectivity index (χ0n) is 11.1. The fraction of sp³-hybridized carbons (Fsp3) is 0.400. The van der Waals surface area contributed by atoms with Gasteiger partial charge in [-0.1, -0.05) is 5.21 Å². The predicted octanol–water partition coefficient (Wildman–Crippen LogP) is -0.845. The molecule has 0 radical (unpaired) electrons. The SMILES string of the molecule is CC(NC(=O)NCCn1cnc(C(=O)O)c1)c1nn[nH]n1. The summed E-state index contributed by atoms with van der Waals surface area (Å²) in [5.41, 5.74) is -0.0369. The summed E-state index contributed by atoms with van der Waals surface area (Å²) in [7, 11) is 0. The lowest BCUT2D eigenvalue weighted by Gasteiger charge is -2.11. The molecule has 1 unspecified atom stereocenters. The van der Waals surface area contributed by atoms with Gasteiger partial charge in [0, 0.05) is 19.3 Å². The summed E-state index contributed by atoms with van der Waals surface area (Å²) in [4.78, 5) is 26.0. The fourth-order valence-corrected chi connectivity index (χ4v) is 1.56. The second-order valence-electron chi connectivity index (χ2n) is 4.19. The van der Waals surface area contributed by atoms with Crippen LogP contribution in [-0.2, 0) is 6.54 Å². The molecule has 2 amide bonds. The van der Waals surface area contributed by atoms with Gasteiger partial charge in [0.1, 0.15) is 0 Å². The highest BCUT2D eigenvalue weighted by Gasteiger charge is 2.13. The van der Waals surface area contributed by atoms with Crippen LogP contribution in [0, 0.1) is 0 Å². The number of imidazole rings is 1. The lowest BCUT2D eigenvalue weighted by Crippen LogP contribution is -2.38. The zero-order valence-corrected chi connectivity index (χ0v) is 11.1. The summed E-state index contributed by atoms with van der Waals surface area (Å²) in [6.45, 7) is 2.45. The summed E-state index contributed by atoms with van der Waals surface area (Å²) >= 11 is 0. The van der Waals surface area contributed by atoms with Crippen molar-refractivity contribution < 1.29 is 14.7 Å². The molecule has 0 fully saturated rings. The summed E-state index contributed by atoms with van der Waals surface area (Å²) in [5, 5.41) is 27.2. The first-order valence-electron chi connectivity index (χ1n) is 6.09. The third kappa shape index (κ3) is 3.99. The van der Waals surface area contributed by atoms with Crippen molar-refractivity contribution in [1.29, 1.82) is 0 Å². The predicted molar refractivity (Wildman–Crippen MR) is 68.3 cm³/mol. The standard InChI is InChI=1S/C10H14N8O3/c1-6(8-14-16-17-15-8)13-10(21)11-2-3-18-4-7(9(19)20)12-5-18/h4-6H,2-3H2,1H3,(H,19,20)(H2,11,13,21)(H,14,15,16,17). The zero-order chi connectivity index (χ0) is 15.2. The number of aromatic carboxylic acids is 1. The highest BCUT2D eigenvalue weighted by atomic mass is 16.4. The average molecular weight is 294 g/mol. The highest BCUT2D eigenvalue weighted by molar-refractivity contribution is 5.84. The van der Waals surface area contributed by atoms with E-state index in [1.807, 2.05) is 0 Å². The van der Waals surface area contributed by atoms with Crippen LogP contribution in [0.1, 0.15) is 29.3 Å². The number of hydrogen-bond acceptors (Lipinski definition) is 6. The van der Waals surface area contributed by atoms with Crippen LogP contribution in [0.4, 0.5) is 4.79 Å². The first-order chi connectivity index (χ1) is 10.1. The Hall–Kier alpha value is -2.98. The second kappa shape index (κ2) is 6.45. The Kier molecular flexibility index (Phi) is 4.43. The Bertz CT molecular complexity index is 608. The second-order valence-corrected chi connectivity index (χ2v) is 4.19. The number of tetrazole rings is 1. The number of carboxylic acid groups (broad SMARTS) is 1. The summed E-state index contributed by atoms with van der Waals surface area (Å²) in [6.07, 6.45) is 2.79. The van der Waals surface area contributed by atoms with Crippen molar-refractivity contribution in [2.45, 2.75) is 19.5 Å². The van der Waals surface area contributed by atoms with Gasteiger partial charge in [-0.15, -0.1) is 10.2 Å². The number of carbonyl (C=O) groups excluding carboxylic acids is 1. The Balaban J connectivity index is 1.72. The lowest BCUT2D eigenvalue weighted by atomic mass is 10.3. The van der Waals surface area contributed by atoms with E-state index < -0.39 is 5.97 Å². The average Bonchev–Trinajstić information content (AvgIpc) is 3.10. The van der Waals surface area contributed by atoms with E-state index in [0.29, 0.717) is 18.9 Å². The number of nitrogens with one attached hydrogen (secondary N) is 3. The molecule has 2 rings (SSSR count). The van der Waals surface area contributed by atoms with Crippen LogP contribution < -0.4 is 10.6 Å². The van der Waals surface area contributed by atoms with Crippen molar-refractivity contribution in [1.82, 2.24) is 40.8 Å². The third-order valence-corrected chi connectivity index (χ3v) is 2.60. The van der Waals surface area contributed by atoms with Crippen LogP contribution in [0.2, 0.25) is 0 Å². The van der Waals surface area contributed by atoms with Gasteiger partial charge in [-0.2, -0.15) is 5.21 Å². The van der Waals surface area contributed by atoms with Gasteiger partial charge in [0.05, 0.1) is 12.4 Å². The Labute approximate surface area is 118 Å². The first kappa shape index (κ1) is 14.4. The van der Waals surface area contributed by atoms with Crippen molar-refractivity contribution in [3.8, 4) is 0 Å². The van der Waals surface area contributed by atoms with Gasteiger partial charge >= 0.3 is 12.0 Å². The molecule has 2 heterocycles. The highest BCUT2D eigenvalue weighted by Crippen LogP contribution is 2.02. The molecule has 21 heavy (non-hydrogen) atoms. The normalized spacial score (nSPS) is 11.9. The van der Waals surface area contributed by atoms with Crippen molar-refractivity contribution in [3.05, 3.63) is 24.0 Å². The molecule has 0 aliphatic carbocycles.